The zero-order valence-corrected chi connectivity index (χ0v) is 12.9. The molecule has 0 saturated carbocycles. The maximum Gasteiger partial charge on any atom is 0.226 e. The van der Waals surface area contributed by atoms with Crippen LogP contribution < -0.4 is 10.6 Å². The molecule has 1 atom stereocenters. The fourth-order valence-electron chi connectivity index (χ4n) is 2.94. The molecular formula is C16H17FN6O. The van der Waals surface area contributed by atoms with Gasteiger partial charge in [0.25, 0.3) is 0 Å². The lowest BCUT2D eigenvalue weighted by atomic mass is 10.1. The van der Waals surface area contributed by atoms with E-state index in [9.17, 15) is 9.18 Å². The molecule has 1 aliphatic rings. The van der Waals surface area contributed by atoms with Gasteiger partial charge >= 0.3 is 0 Å². The van der Waals surface area contributed by atoms with E-state index in [1.807, 2.05) is 10.8 Å². The van der Waals surface area contributed by atoms with Gasteiger partial charge in [0.2, 0.25) is 5.91 Å². The number of hydrogen-bond donors (Lipinski definition) is 3. The number of nitrogens with one attached hydrogen (secondary N) is 3. The summed E-state index contributed by atoms with van der Waals surface area (Å²) in [6.45, 7) is 2.13. The van der Waals surface area contributed by atoms with E-state index in [1.54, 1.807) is 12.3 Å². The van der Waals surface area contributed by atoms with Crippen LogP contribution in [0.2, 0.25) is 0 Å². The summed E-state index contributed by atoms with van der Waals surface area (Å²) in [5, 5.41) is 6.13. The number of carbonyl (C=O) groups is 1. The average molecular weight is 328 g/mol. The second-order valence-corrected chi connectivity index (χ2v) is 5.89. The zero-order valence-electron chi connectivity index (χ0n) is 12.9. The highest BCUT2D eigenvalue weighted by Gasteiger charge is 2.22. The van der Waals surface area contributed by atoms with Crippen molar-refractivity contribution in [1.82, 2.24) is 30.2 Å². The lowest BCUT2D eigenvalue weighted by Gasteiger charge is -2.14. The number of aromatic nitrogens is 4. The largest absolute Gasteiger partial charge is 0.349 e. The van der Waals surface area contributed by atoms with Crippen molar-refractivity contribution < 1.29 is 9.18 Å². The number of rotatable bonds is 3. The van der Waals surface area contributed by atoms with Crippen molar-refractivity contribution in [3.63, 3.8) is 0 Å². The predicted molar refractivity (Wildman–Crippen MR) is 85.3 cm³/mol. The smallest absolute Gasteiger partial charge is 0.226 e. The summed E-state index contributed by atoms with van der Waals surface area (Å²) in [7, 11) is 0. The first-order valence-electron chi connectivity index (χ1n) is 7.81. The van der Waals surface area contributed by atoms with Gasteiger partial charge in [0.05, 0.1) is 30.0 Å². The molecule has 1 amide bonds. The third-order valence-corrected chi connectivity index (χ3v) is 4.19. The predicted octanol–water partition coefficient (Wildman–Crippen LogP) is 0.934. The van der Waals surface area contributed by atoms with Crippen LogP contribution in [0, 0.1) is 11.7 Å². The summed E-state index contributed by atoms with van der Waals surface area (Å²) in [5.41, 5.74) is 1.30. The third kappa shape index (κ3) is 2.88. The van der Waals surface area contributed by atoms with Crippen molar-refractivity contribution in [2.45, 2.75) is 19.6 Å². The molecule has 0 fully saturated rings. The van der Waals surface area contributed by atoms with Crippen molar-refractivity contribution in [2.24, 2.45) is 5.92 Å². The lowest BCUT2D eigenvalue weighted by molar-refractivity contribution is -0.125. The number of aromatic amines is 1. The van der Waals surface area contributed by atoms with Gasteiger partial charge < -0.3 is 20.2 Å². The first kappa shape index (κ1) is 14.8. The van der Waals surface area contributed by atoms with Crippen molar-refractivity contribution in [1.29, 1.82) is 0 Å². The Morgan fingerprint density at radius 1 is 1.46 bits per heavy atom. The molecule has 0 radical (unpaired) electrons. The van der Waals surface area contributed by atoms with Crippen LogP contribution in [0.1, 0.15) is 11.6 Å². The molecule has 8 heteroatoms. The number of imidazole rings is 2. The average Bonchev–Trinajstić information content (AvgIpc) is 3.13. The van der Waals surface area contributed by atoms with E-state index in [-0.39, 0.29) is 24.2 Å². The molecular weight excluding hydrogens is 311 g/mol. The maximum absolute atomic E-state index is 13.2. The third-order valence-electron chi connectivity index (χ3n) is 4.19. The van der Waals surface area contributed by atoms with Gasteiger partial charge in [-0.2, -0.15) is 0 Å². The second-order valence-electron chi connectivity index (χ2n) is 5.89. The highest BCUT2D eigenvalue weighted by atomic mass is 19.1. The Hall–Kier alpha value is -2.74. The van der Waals surface area contributed by atoms with E-state index in [2.05, 4.69) is 25.6 Å². The van der Waals surface area contributed by atoms with Crippen LogP contribution in [0.25, 0.3) is 11.0 Å². The van der Waals surface area contributed by atoms with E-state index in [1.165, 1.54) is 12.1 Å². The monoisotopic (exact) mass is 328 g/mol. The standard InChI is InChI=1S/C16H17FN6O/c17-11-1-2-12-13(5-11)22-14(21-12)7-20-16(24)10-6-18-8-15-19-3-4-23(15)9-10/h1-5,10,18H,6-9H2,(H,20,24)(H,21,22). The molecule has 0 spiro atoms. The molecule has 3 heterocycles. The van der Waals surface area contributed by atoms with E-state index in [4.69, 9.17) is 0 Å². The summed E-state index contributed by atoms with van der Waals surface area (Å²) in [6.07, 6.45) is 3.63. The van der Waals surface area contributed by atoms with Gasteiger partial charge in [0, 0.05) is 25.5 Å². The normalized spacial score (nSPS) is 17.5. The van der Waals surface area contributed by atoms with Crippen LogP contribution in [-0.4, -0.2) is 32.0 Å². The molecule has 0 bridgehead atoms. The Morgan fingerprint density at radius 2 is 2.38 bits per heavy atom. The molecule has 3 N–H and O–H groups in total. The number of hydrogen-bond acceptors (Lipinski definition) is 4. The number of nitrogens with zero attached hydrogens (tertiary/aromatic N) is 3. The molecule has 0 aliphatic carbocycles. The molecule has 1 aromatic carbocycles. The van der Waals surface area contributed by atoms with Gasteiger partial charge in [-0.1, -0.05) is 0 Å². The van der Waals surface area contributed by atoms with Crippen LogP contribution in [0.4, 0.5) is 4.39 Å². The van der Waals surface area contributed by atoms with Gasteiger partial charge in [-0.05, 0) is 18.2 Å². The van der Waals surface area contributed by atoms with E-state index in [0.717, 1.165) is 5.82 Å². The SMILES string of the molecule is O=C(NCc1nc2ccc(F)cc2[nH]1)C1CNCc2nccn2C1. The Kier molecular flexibility index (Phi) is 3.73. The van der Waals surface area contributed by atoms with Crippen LogP contribution in [0.3, 0.4) is 0 Å². The molecule has 1 unspecified atom stereocenters. The minimum Gasteiger partial charge on any atom is -0.349 e. The molecule has 2 aromatic heterocycles. The van der Waals surface area contributed by atoms with E-state index >= 15 is 0 Å². The Morgan fingerprint density at radius 3 is 3.29 bits per heavy atom. The topological polar surface area (TPSA) is 87.6 Å². The quantitative estimate of drug-likeness (QED) is 0.668. The fraction of sp³-hybridized carbons (Fsp3) is 0.312. The first-order valence-corrected chi connectivity index (χ1v) is 7.81. The van der Waals surface area contributed by atoms with Crippen LogP contribution in [0.15, 0.2) is 30.6 Å². The van der Waals surface area contributed by atoms with Gasteiger partial charge in [0.1, 0.15) is 17.5 Å². The Balaban J connectivity index is 1.42. The lowest BCUT2D eigenvalue weighted by Crippen LogP contribution is -2.37. The van der Waals surface area contributed by atoms with Crippen molar-refractivity contribution in [3.8, 4) is 0 Å². The number of halogens is 1. The molecule has 124 valence electrons. The van der Waals surface area contributed by atoms with Crippen LogP contribution >= 0.6 is 0 Å². The number of H-pyrrole nitrogens is 1. The number of benzene rings is 1. The summed E-state index contributed by atoms with van der Waals surface area (Å²) < 4.78 is 15.2. The molecule has 0 saturated heterocycles. The first-order chi connectivity index (χ1) is 11.7. The van der Waals surface area contributed by atoms with Crippen molar-refractivity contribution in [2.75, 3.05) is 6.54 Å². The second kappa shape index (κ2) is 6.04. The number of fused-ring (bicyclic) bond motifs is 2. The van der Waals surface area contributed by atoms with Crippen molar-refractivity contribution >= 4 is 16.9 Å². The Labute approximate surface area is 137 Å². The van der Waals surface area contributed by atoms with Gasteiger partial charge in [-0.25, -0.2) is 14.4 Å². The summed E-state index contributed by atoms with van der Waals surface area (Å²) in [6, 6.07) is 4.37. The van der Waals surface area contributed by atoms with Crippen LogP contribution in [-0.2, 0) is 24.4 Å². The summed E-state index contributed by atoms with van der Waals surface area (Å²) in [5.74, 6) is 0.999. The maximum atomic E-state index is 13.2. The molecule has 7 nitrogen and oxygen atoms in total. The van der Waals surface area contributed by atoms with Gasteiger partial charge in [-0.15, -0.1) is 0 Å². The molecule has 24 heavy (non-hydrogen) atoms. The molecule has 1 aliphatic heterocycles. The minimum atomic E-state index is -0.317. The minimum absolute atomic E-state index is 0.0457. The van der Waals surface area contributed by atoms with Gasteiger partial charge in [-0.3, -0.25) is 4.79 Å². The molecule has 4 rings (SSSR count). The van der Waals surface area contributed by atoms with Crippen LogP contribution in [0.5, 0.6) is 0 Å². The summed E-state index contributed by atoms with van der Waals surface area (Å²) >= 11 is 0. The number of amides is 1. The number of carbonyl (C=O) groups excluding carboxylic acids is 1. The zero-order chi connectivity index (χ0) is 16.5. The van der Waals surface area contributed by atoms with Crippen molar-refractivity contribution in [3.05, 3.63) is 48.1 Å². The van der Waals surface area contributed by atoms with E-state index in [0.29, 0.717) is 36.5 Å². The fourth-order valence-corrected chi connectivity index (χ4v) is 2.94. The Bertz CT molecular complexity index is 886. The molecule has 3 aromatic rings. The highest BCUT2D eigenvalue weighted by Crippen LogP contribution is 2.13. The van der Waals surface area contributed by atoms with E-state index < -0.39 is 0 Å². The summed E-state index contributed by atoms with van der Waals surface area (Å²) in [4.78, 5) is 24.1. The van der Waals surface area contributed by atoms with Gasteiger partial charge in [0.15, 0.2) is 0 Å². The highest BCUT2D eigenvalue weighted by molar-refractivity contribution is 5.79.